The van der Waals surface area contributed by atoms with Gasteiger partial charge < -0.3 is 14.6 Å². The number of non-ortho nitro benzene ring substituents is 1. The Labute approximate surface area is 208 Å². The third kappa shape index (κ3) is 3.54. The summed E-state index contributed by atoms with van der Waals surface area (Å²) in [6.45, 7) is 1.33. The highest BCUT2D eigenvalue weighted by atomic mass is 16.6. The second-order valence-corrected chi connectivity index (χ2v) is 9.90. The monoisotopic (exact) mass is 481 g/mol. The van der Waals surface area contributed by atoms with E-state index in [1.165, 1.54) is 11.1 Å². The number of fused-ring (bicyclic) bond motifs is 4. The van der Waals surface area contributed by atoms with Crippen LogP contribution in [0.4, 0.5) is 5.69 Å². The van der Waals surface area contributed by atoms with E-state index in [9.17, 15) is 14.9 Å². The van der Waals surface area contributed by atoms with Gasteiger partial charge in [-0.15, -0.1) is 0 Å². The summed E-state index contributed by atoms with van der Waals surface area (Å²) in [5.41, 5.74) is 4.98. The van der Waals surface area contributed by atoms with Gasteiger partial charge in [0.15, 0.2) is 0 Å². The second-order valence-electron chi connectivity index (χ2n) is 9.90. The lowest BCUT2D eigenvalue weighted by molar-refractivity contribution is -0.384. The van der Waals surface area contributed by atoms with E-state index < -0.39 is 0 Å². The molecular weight excluding hydrogens is 454 g/mol. The first kappa shape index (κ1) is 22.3. The Kier molecular flexibility index (Phi) is 5.29. The number of nitro benzene ring substituents is 1. The predicted molar refractivity (Wildman–Crippen MR) is 137 cm³/mol. The summed E-state index contributed by atoms with van der Waals surface area (Å²) in [6, 6.07) is 22.8. The summed E-state index contributed by atoms with van der Waals surface area (Å²) in [5, 5.41) is 12.4. The number of nitrogens with one attached hydrogen (secondary N) is 1. The molecule has 1 N–H and O–H groups in total. The Morgan fingerprint density at radius 3 is 2.72 bits per heavy atom. The zero-order chi connectivity index (χ0) is 24.9. The fraction of sp³-hybridized carbons (Fsp3) is 0.276. The standard InChI is InChI=1S/C29H27N3O4/c1-36-23-9-5-8-20(14-23)29-12-13-31(28(33)19-6-3-2-4-7-19)18-21(29)15-25-24-11-10-22(32(34)35)16-26(24)30-27(25)17-29/h2-11,14,16,21,30H,12-13,15,17-18H2,1H3. The van der Waals surface area contributed by atoms with Crippen molar-refractivity contribution < 1.29 is 14.5 Å². The van der Waals surface area contributed by atoms with E-state index in [0.717, 1.165) is 41.6 Å². The molecule has 2 heterocycles. The number of rotatable bonds is 4. The van der Waals surface area contributed by atoms with Gasteiger partial charge in [0.25, 0.3) is 11.6 Å². The number of ether oxygens (including phenoxy) is 1. The summed E-state index contributed by atoms with van der Waals surface area (Å²) in [5.74, 6) is 1.09. The summed E-state index contributed by atoms with van der Waals surface area (Å²) in [4.78, 5) is 29.9. The average Bonchev–Trinajstić information content (AvgIpc) is 3.27. The van der Waals surface area contributed by atoms with Crippen LogP contribution in [0.15, 0.2) is 72.8 Å². The fourth-order valence-corrected chi connectivity index (χ4v) is 6.28. The largest absolute Gasteiger partial charge is 0.497 e. The maximum Gasteiger partial charge on any atom is 0.271 e. The van der Waals surface area contributed by atoms with Crippen LogP contribution in [0.1, 0.15) is 33.6 Å². The first-order chi connectivity index (χ1) is 17.5. The lowest BCUT2D eigenvalue weighted by Gasteiger charge is -2.51. The minimum atomic E-state index is -0.357. The Balaban J connectivity index is 1.43. The van der Waals surface area contributed by atoms with Crippen molar-refractivity contribution in [1.29, 1.82) is 0 Å². The van der Waals surface area contributed by atoms with Gasteiger partial charge in [-0.05, 0) is 66.6 Å². The molecule has 0 bridgehead atoms. The number of hydrogen-bond donors (Lipinski definition) is 1. The molecular formula is C29H27N3O4. The number of likely N-dealkylation sites (tertiary alicyclic amines) is 1. The Hall–Kier alpha value is -4.13. The number of aromatic amines is 1. The highest BCUT2D eigenvalue weighted by Crippen LogP contribution is 2.50. The summed E-state index contributed by atoms with van der Waals surface area (Å²) >= 11 is 0. The van der Waals surface area contributed by atoms with Crippen molar-refractivity contribution in [2.24, 2.45) is 5.92 Å². The molecule has 7 heteroatoms. The third-order valence-corrected chi connectivity index (χ3v) is 8.13. The number of piperidine rings is 1. The van der Waals surface area contributed by atoms with Gasteiger partial charge in [0, 0.05) is 47.3 Å². The van der Waals surface area contributed by atoms with E-state index in [1.807, 2.05) is 53.4 Å². The molecule has 1 aromatic heterocycles. The maximum absolute atomic E-state index is 13.4. The van der Waals surface area contributed by atoms with Gasteiger partial charge in [0.05, 0.1) is 17.5 Å². The van der Waals surface area contributed by atoms with Crippen molar-refractivity contribution >= 4 is 22.5 Å². The Morgan fingerprint density at radius 2 is 1.94 bits per heavy atom. The Morgan fingerprint density at radius 1 is 1.11 bits per heavy atom. The molecule has 4 aromatic rings. The minimum absolute atomic E-state index is 0.0650. The van der Waals surface area contributed by atoms with Gasteiger partial charge in [-0.3, -0.25) is 14.9 Å². The first-order valence-corrected chi connectivity index (χ1v) is 12.3. The first-order valence-electron chi connectivity index (χ1n) is 12.3. The van der Waals surface area contributed by atoms with E-state index in [2.05, 4.69) is 17.1 Å². The molecule has 2 unspecified atom stereocenters. The number of aromatic nitrogens is 1. The second kappa shape index (κ2) is 8.52. The number of hydrogen-bond acceptors (Lipinski definition) is 4. The summed E-state index contributed by atoms with van der Waals surface area (Å²) < 4.78 is 5.56. The topological polar surface area (TPSA) is 88.5 Å². The van der Waals surface area contributed by atoms with Crippen LogP contribution in [0.2, 0.25) is 0 Å². The van der Waals surface area contributed by atoms with E-state index in [4.69, 9.17) is 4.74 Å². The van der Waals surface area contributed by atoms with Crippen LogP contribution >= 0.6 is 0 Å². The average molecular weight is 482 g/mol. The van der Waals surface area contributed by atoms with Gasteiger partial charge >= 0.3 is 0 Å². The molecule has 3 aromatic carbocycles. The number of benzene rings is 3. The molecule has 1 saturated heterocycles. The SMILES string of the molecule is COc1cccc(C23CCN(C(=O)c4ccccc4)CC2Cc2c([nH]c4cc([N+](=O)[O-])ccc24)C3)c1. The number of nitro groups is 1. The normalized spacial score (nSPS) is 21.0. The number of carbonyl (C=O) groups excluding carboxylic acids is 1. The zero-order valence-electron chi connectivity index (χ0n) is 20.1. The van der Waals surface area contributed by atoms with Crippen LogP contribution in [0, 0.1) is 16.0 Å². The van der Waals surface area contributed by atoms with Crippen LogP contribution < -0.4 is 4.74 Å². The van der Waals surface area contributed by atoms with E-state index in [-0.39, 0.29) is 27.9 Å². The lowest BCUT2D eigenvalue weighted by Crippen LogP contribution is -2.55. The van der Waals surface area contributed by atoms with Gasteiger partial charge in [-0.2, -0.15) is 0 Å². The van der Waals surface area contributed by atoms with Crippen LogP contribution in [0.5, 0.6) is 5.75 Å². The van der Waals surface area contributed by atoms with Crippen molar-refractivity contribution in [2.45, 2.75) is 24.7 Å². The molecule has 2 aliphatic rings. The van der Waals surface area contributed by atoms with Gasteiger partial charge in [0.1, 0.15) is 5.75 Å². The molecule has 7 nitrogen and oxygen atoms in total. The van der Waals surface area contributed by atoms with Crippen molar-refractivity contribution in [3.63, 3.8) is 0 Å². The van der Waals surface area contributed by atoms with Gasteiger partial charge in [0.2, 0.25) is 0 Å². The van der Waals surface area contributed by atoms with Gasteiger partial charge in [-0.25, -0.2) is 0 Å². The van der Waals surface area contributed by atoms with Crippen molar-refractivity contribution in [3.05, 3.63) is 105 Å². The molecule has 6 rings (SSSR count). The molecule has 1 aliphatic carbocycles. The summed E-state index contributed by atoms with van der Waals surface area (Å²) in [7, 11) is 1.68. The molecule has 36 heavy (non-hydrogen) atoms. The molecule has 0 spiro atoms. The minimum Gasteiger partial charge on any atom is -0.497 e. The van der Waals surface area contributed by atoms with Crippen molar-refractivity contribution in [1.82, 2.24) is 9.88 Å². The molecule has 1 aliphatic heterocycles. The van der Waals surface area contributed by atoms with Crippen LogP contribution in [-0.2, 0) is 18.3 Å². The maximum atomic E-state index is 13.4. The van der Waals surface area contributed by atoms with E-state index in [1.54, 1.807) is 19.2 Å². The zero-order valence-corrected chi connectivity index (χ0v) is 20.1. The van der Waals surface area contributed by atoms with Crippen LogP contribution in [0.25, 0.3) is 10.9 Å². The predicted octanol–water partition coefficient (Wildman–Crippen LogP) is 5.28. The van der Waals surface area contributed by atoms with Gasteiger partial charge in [-0.1, -0.05) is 30.3 Å². The van der Waals surface area contributed by atoms with Crippen LogP contribution in [-0.4, -0.2) is 40.9 Å². The summed E-state index contributed by atoms with van der Waals surface area (Å²) in [6.07, 6.45) is 2.41. The molecule has 1 fully saturated rings. The number of H-pyrrole nitrogens is 1. The van der Waals surface area contributed by atoms with Crippen LogP contribution in [0.3, 0.4) is 0 Å². The van der Waals surface area contributed by atoms with Crippen molar-refractivity contribution in [2.75, 3.05) is 20.2 Å². The number of amides is 1. The highest BCUT2D eigenvalue weighted by Gasteiger charge is 2.49. The smallest absolute Gasteiger partial charge is 0.271 e. The molecule has 0 radical (unpaired) electrons. The number of methoxy groups -OCH3 is 1. The quantitative estimate of drug-likeness (QED) is 0.317. The van der Waals surface area contributed by atoms with Crippen molar-refractivity contribution in [3.8, 4) is 5.75 Å². The molecule has 2 atom stereocenters. The number of carbonyl (C=O) groups is 1. The fourth-order valence-electron chi connectivity index (χ4n) is 6.28. The highest BCUT2D eigenvalue weighted by molar-refractivity contribution is 5.94. The molecule has 182 valence electrons. The third-order valence-electron chi connectivity index (χ3n) is 8.13. The lowest BCUT2D eigenvalue weighted by atomic mass is 9.58. The molecule has 1 amide bonds. The number of nitrogens with zero attached hydrogens (tertiary/aromatic N) is 2. The Bertz CT molecular complexity index is 1480. The molecule has 0 saturated carbocycles. The van der Waals surface area contributed by atoms with E-state index >= 15 is 0 Å². The van der Waals surface area contributed by atoms with E-state index in [0.29, 0.717) is 18.7 Å².